The smallest absolute Gasteiger partial charge is 0.145 e. The molecule has 1 unspecified atom stereocenters. The van der Waals surface area contributed by atoms with Crippen LogP contribution >= 0.6 is 0 Å². The van der Waals surface area contributed by atoms with Crippen LogP contribution in [0.25, 0.3) is 72.6 Å². The van der Waals surface area contributed by atoms with Crippen LogP contribution in [0, 0.1) is 0 Å². The molecule has 3 aliphatic rings. The van der Waals surface area contributed by atoms with E-state index in [1.807, 2.05) is 0 Å². The first-order chi connectivity index (χ1) is 30.5. The van der Waals surface area contributed by atoms with E-state index in [1.165, 1.54) is 55.6 Å². The molecule has 3 heteroatoms. The van der Waals surface area contributed by atoms with Gasteiger partial charge < -0.3 is 4.74 Å². The zero-order chi connectivity index (χ0) is 41.2. The van der Waals surface area contributed by atoms with Gasteiger partial charge in [0.05, 0.1) is 16.4 Å². The first-order valence-electron chi connectivity index (χ1n) is 21.5. The van der Waals surface area contributed by atoms with Crippen LogP contribution in [0.5, 0.6) is 11.5 Å². The van der Waals surface area contributed by atoms with Crippen molar-refractivity contribution in [2.45, 2.75) is 24.7 Å². The van der Waals surface area contributed by atoms with Gasteiger partial charge in [-0.2, -0.15) is 0 Å². The maximum atomic E-state index is 7.11. The molecule has 2 heterocycles. The third kappa shape index (κ3) is 4.73. The minimum Gasteiger partial charge on any atom is -0.457 e. The third-order valence-electron chi connectivity index (χ3n) is 13.9. The second kappa shape index (κ2) is 12.9. The van der Waals surface area contributed by atoms with E-state index in [1.54, 1.807) is 0 Å². The lowest BCUT2D eigenvalue weighted by molar-refractivity contribution is 0.433. The summed E-state index contributed by atoms with van der Waals surface area (Å²) < 4.78 is 9.39. The van der Waals surface area contributed by atoms with Crippen molar-refractivity contribution < 1.29 is 4.74 Å². The first-order valence-corrected chi connectivity index (χ1v) is 21.5. The molecule has 1 aliphatic heterocycles. The van der Waals surface area contributed by atoms with Crippen molar-refractivity contribution in [2.24, 2.45) is 0 Å². The molecule has 13 rings (SSSR count). The summed E-state index contributed by atoms with van der Waals surface area (Å²) in [4.78, 5) is 5.36. The molecule has 0 bridgehead atoms. The van der Waals surface area contributed by atoms with Crippen LogP contribution in [0.2, 0.25) is 0 Å². The van der Waals surface area contributed by atoms with Gasteiger partial charge in [-0.15, -0.1) is 0 Å². The van der Waals surface area contributed by atoms with Crippen molar-refractivity contribution in [1.29, 1.82) is 0 Å². The standard InChI is InChI=1S/C59H40N2O/c1-58(2)47-25-13-11-24-44(47)46-35-52-56(36-50(46)58)62-55-28-16-15-27-49(55)59(52)48-26-14-12-23-43(48)41-21-9-10-22-42(41)45-31-29-38(33-51(45)59)39-30-32-54-53(34-39)60-57(37-17-5-3-6-18-37)61(54)40-19-7-4-8-20-40/h3-36H,1-2H3. The summed E-state index contributed by atoms with van der Waals surface area (Å²) in [7, 11) is 0. The monoisotopic (exact) mass is 792 g/mol. The first kappa shape index (κ1) is 35.0. The molecule has 0 amide bonds. The van der Waals surface area contributed by atoms with Gasteiger partial charge in [-0.3, -0.25) is 4.57 Å². The number of imidazole rings is 1. The van der Waals surface area contributed by atoms with Crippen LogP contribution in [0.1, 0.15) is 47.2 Å². The van der Waals surface area contributed by atoms with E-state index < -0.39 is 5.41 Å². The third-order valence-corrected chi connectivity index (χ3v) is 13.9. The van der Waals surface area contributed by atoms with Gasteiger partial charge >= 0.3 is 0 Å². The largest absolute Gasteiger partial charge is 0.457 e. The number of fused-ring (bicyclic) bond motifs is 15. The predicted molar refractivity (Wildman–Crippen MR) is 252 cm³/mol. The molecule has 62 heavy (non-hydrogen) atoms. The number of aromatic nitrogens is 2. The lowest BCUT2D eigenvalue weighted by Crippen LogP contribution is -2.35. The average Bonchev–Trinajstić information content (AvgIpc) is 3.78. The van der Waals surface area contributed by atoms with Crippen LogP contribution in [-0.4, -0.2) is 9.55 Å². The number of hydrogen-bond acceptors (Lipinski definition) is 2. The molecule has 0 fully saturated rings. The Morgan fingerprint density at radius 2 is 0.968 bits per heavy atom. The number of para-hydroxylation sites is 2. The van der Waals surface area contributed by atoms with E-state index in [4.69, 9.17) is 9.72 Å². The van der Waals surface area contributed by atoms with E-state index in [2.05, 4.69) is 225 Å². The van der Waals surface area contributed by atoms with Crippen LogP contribution < -0.4 is 4.74 Å². The Balaban J connectivity index is 1.12. The molecule has 0 radical (unpaired) electrons. The number of hydrogen-bond donors (Lipinski definition) is 0. The molecule has 0 saturated heterocycles. The quantitative estimate of drug-likeness (QED) is 0.178. The summed E-state index contributed by atoms with van der Waals surface area (Å²) in [5.41, 5.74) is 20.4. The minimum absolute atomic E-state index is 0.177. The van der Waals surface area contributed by atoms with Crippen LogP contribution in [-0.2, 0) is 10.8 Å². The van der Waals surface area contributed by atoms with Crippen molar-refractivity contribution in [2.75, 3.05) is 0 Å². The lowest BCUT2D eigenvalue weighted by Gasteiger charge is -2.43. The van der Waals surface area contributed by atoms with E-state index >= 15 is 0 Å². The Kier molecular flexibility index (Phi) is 7.28. The second-order valence-electron chi connectivity index (χ2n) is 17.4. The molecule has 1 spiro atoms. The van der Waals surface area contributed by atoms with E-state index in [0.29, 0.717) is 0 Å². The molecule has 10 aromatic rings. The summed E-state index contributed by atoms with van der Waals surface area (Å²) in [5.74, 6) is 2.71. The van der Waals surface area contributed by atoms with Crippen molar-refractivity contribution in [3.8, 4) is 73.1 Å². The number of ether oxygens (including phenoxy) is 1. The Hall–Kier alpha value is -7.75. The van der Waals surface area contributed by atoms with Gasteiger partial charge in [0, 0.05) is 27.8 Å². The fraction of sp³-hybridized carbons (Fsp3) is 0.0678. The Morgan fingerprint density at radius 3 is 1.73 bits per heavy atom. The van der Waals surface area contributed by atoms with Crippen LogP contribution in [0.4, 0.5) is 0 Å². The Morgan fingerprint density at radius 1 is 0.387 bits per heavy atom. The fourth-order valence-electron chi connectivity index (χ4n) is 11.1. The Bertz CT molecular complexity index is 3470. The summed E-state index contributed by atoms with van der Waals surface area (Å²) in [6.07, 6.45) is 0. The second-order valence-corrected chi connectivity index (χ2v) is 17.4. The minimum atomic E-state index is -0.735. The fourth-order valence-corrected chi connectivity index (χ4v) is 11.1. The summed E-state index contributed by atoms with van der Waals surface area (Å²) in [5, 5.41) is 0. The molecule has 9 aromatic carbocycles. The van der Waals surface area contributed by atoms with Crippen molar-refractivity contribution in [3.63, 3.8) is 0 Å². The molecule has 2 aliphatic carbocycles. The Labute approximate surface area is 361 Å². The molecular weight excluding hydrogens is 753 g/mol. The highest BCUT2D eigenvalue weighted by Gasteiger charge is 2.50. The van der Waals surface area contributed by atoms with E-state index in [0.717, 1.165) is 61.9 Å². The van der Waals surface area contributed by atoms with Crippen molar-refractivity contribution >= 4 is 11.0 Å². The van der Waals surface area contributed by atoms with Crippen LogP contribution in [0.15, 0.2) is 206 Å². The number of nitrogens with zero attached hydrogens (tertiary/aromatic N) is 2. The summed E-state index contributed by atoms with van der Waals surface area (Å²) in [6, 6.07) is 75.5. The van der Waals surface area contributed by atoms with Gasteiger partial charge in [0.2, 0.25) is 0 Å². The number of benzene rings is 9. The zero-order valence-electron chi connectivity index (χ0n) is 34.4. The molecule has 3 nitrogen and oxygen atoms in total. The van der Waals surface area contributed by atoms with Gasteiger partial charge in [0.1, 0.15) is 17.3 Å². The lowest BCUT2D eigenvalue weighted by atomic mass is 9.61. The summed E-state index contributed by atoms with van der Waals surface area (Å²) >= 11 is 0. The van der Waals surface area contributed by atoms with Gasteiger partial charge in [-0.1, -0.05) is 172 Å². The highest BCUT2D eigenvalue weighted by atomic mass is 16.5. The highest BCUT2D eigenvalue weighted by Crippen LogP contribution is 2.63. The maximum absolute atomic E-state index is 7.11. The van der Waals surface area contributed by atoms with Gasteiger partial charge in [0.15, 0.2) is 0 Å². The SMILES string of the molecule is CC1(C)c2ccccc2-c2cc3c(cc21)Oc1ccccc1C31c2ccccc2-c2ccccc2-c2ccc(-c3ccc4c(c3)nc(-c3ccccc3)n4-c3ccccc3)cc21. The van der Waals surface area contributed by atoms with Crippen LogP contribution in [0.3, 0.4) is 0 Å². The van der Waals surface area contributed by atoms with Gasteiger partial charge in [-0.25, -0.2) is 4.98 Å². The maximum Gasteiger partial charge on any atom is 0.145 e. The van der Waals surface area contributed by atoms with Crippen molar-refractivity contribution in [1.82, 2.24) is 9.55 Å². The van der Waals surface area contributed by atoms with Gasteiger partial charge in [-0.05, 0) is 115 Å². The van der Waals surface area contributed by atoms with Gasteiger partial charge in [0.25, 0.3) is 0 Å². The molecule has 0 saturated carbocycles. The molecule has 0 N–H and O–H groups in total. The van der Waals surface area contributed by atoms with E-state index in [9.17, 15) is 0 Å². The molecular formula is C59H40N2O. The topological polar surface area (TPSA) is 27.1 Å². The summed E-state index contributed by atoms with van der Waals surface area (Å²) in [6.45, 7) is 4.69. The van der Waals surface area contributed by atoms with E-state index in [-0.39, 0.29) is 5.41 Å². The zero-order valence-corrected chi connectivity index (χ0v) is 34.4. The normalized spacial score (nSPS) is 15.9. The number of rotatable bonds is 3. The van der Waals surface area contributed by atoms with Crippen molar-refractivity contribution in [3.05, 3.63) is 240 Å². The predicted octanol–water partition coefficient (Wildman–Crippen LogP) is 14.8. The molecule has 1 aromatic heterocycles. The molecule has 1 atom stereocenters. The molecule has 292 valence electrons. The highest BCUT2D eigenvalue weighted by molar-refractivity contribution is 5.96. The average molecular weight is 793 g/mol.